The topological polar surface area (TPSA) is 101 Å². The summed E-state index contributed by atoms with van der Waals surface area (Å²) in [7, 11) is 0. The molecule has 0 saturated carbocycles. The number of ketones is 1. The number of carbonyl (C=O) groups excluding carboxylic acids is 1. The van der Waals surface area contributed by atoms with Crippen molar-refractivity contribution < 1.29 is 19.9 Å². The predicted octanol–water partition coefficient (Wildman–Crippen LogP) is 1.08. The van der Waals surface area contributed by atoms with Gasteiger partial charge in [0.05, 0.1) is 4.92 Å². The third-order valence-corrected chi connectivity index (χ3v) is 3.22. The molecule has 2 N–H and O–H groups in total. The number of Topliss-reactive ketones (excluding diaryl/α,β-unsaturated/α-hetero) is 1. The van der Waals surface area contributed by atoms with E-state index in [0.717, 1.165) is 19.1 Å². The number of hydrogen-bond donors (Lipinski definition) is 2. The third kappa shape index (κ3) is 2.38. The number of hydrogen-bond acceptors (Lipinski definition) is 5. The Morgan fingerprint density at radius 3 is 2.50 bits per heavy atom. The summed E-state index contributed by atoms with van der Waals surface area (Å²) in [5.41, 5.74) is -2.29. The molecule has 1 aliphatic rings. The molecule has 2 unspecified atom stereocenters. The van der Waals surface area contributed by atoms with Crippen LogP contribution in [0.5, 0.6) is 0 Å². The van der Waals surface area contributed by atoms with Gasteiger partial charge < -0.3 is 10.2 Å². The van der Waals surface area contributed by atoms with Crippen molar-refractivity contribution in [3.63, 3.8) is 0 Å². The normalized spacial score (nSPS) is 25.6. The number of aliphatic hydroxyl groups excluding tert-OH is 1. The van der Waals surface area contributed by atoms with E-state index in [-0.39, 0.29) is 5.57 Å². The van der Waals surface area contributed by atoms with Gasteiger partial charge in [0.1, 0.15) is 6.10 Å². The smallest absolute Gasteiger partial charge is 0.281 e. The van der Waals surface area contributed by atoms with Gasteiger partial charge in [-0.3, -0.25) is 14.9 Å². The number of carbonyl (C=O) groups is 1. The Labute approximate surface area is 114 Å². The Bertz CT molecular complexity index is 616. The van der Waals surface area contributed by atoms with Crippen LogP contribution in [0, 0.1) is 10.1 Å². The van der Waals surface area contributed by atoms with Crippen LogP contribution in [0.25, 0.3) is 0 Å². The third-order valence-electron chi connectivity index (χ3n) is 3.22. The second-order valence-corrected chi connectivity index (χ2v) is 4.70. The van der Waals surface area contributed by atoms with Gasteiger partial charge in [-0.2, -0.15) is 0 Å². The van der Waals surface area contributed by atoms with Crippen LogP contribution in [0.4, 0.5) is 0 Å². The average molecular weight is 275 g/mol. The second kappa shape index (κ2) is 4.99. The highest BCUT2D eigenvalue weighted by atomic mass is 16.6. The van der Waals surface area contributed by atoms with E-state index in [2.05, 4.69) is 0 Å². The Morgan fingerprint density at radius 1 is 1.35 bits per heavy atom. The number of aliphatic hydroxyl groups is 2. The lowest BCUT2D eigenvalue weighted by molar-refractivity contribution is -0.446. The molecule has 20 heavy (non-hydrogen) atoms. The number of allylic oxidation sites excluding steroid dienone is 2. The van der Waals surface area contributed by atoms with Crippen molar-refractivity contribution in [3.05, 3.63) is 69.4 Å². The molecular weight excluding hydrogens is 262 g/mol. The molecule has 0 spiro atoms. The largest absolute Gasteiger partial charge is 0.385 e. The van der Waals surface area contributed by atoms with Crippen LogP contribution in [0.2, 0.25) is 0 Å². The molecule has 0 aromatic heterocycles. The van der Waals surface area contributed by atoms with E-state index in [1.807, 2.05) is 0 Å². The van der Waals surface area contributed by atoms with Gasteiger partial charge in [-0.15, -0.1) is 0 Å². The fourth-order valence-corrected chi connectivity index (χ4v) is 1.96. The molecule has 6 heteroatoms. The Morgan fingerprint density at radius 2 is 1.95 bits per heavy atom. The first kappa shape index (κ1) is 14.1. The predicted molar refractivity (Wildman–Crippen MR) is 70.6 cm³/mol. The van der Waals surface area contributed by atoms with Gasteiger partial charge in [-0.25, -0.2) is 0 Å². The molecule has 104 valence electrons. The van der Waals surface area contributed by atoms with Crippen LogP contribution in [-0.4, -0.2) is 32.6 Å². The minimum absolute atomic E-state index is 0.0121. The first-order valence-corrected chi connectivity index (χ1v) is 5.92. The van der Waals surface area contributed by atoms with E-state index in [1.165, 1.54) is 0 Å². The van der Waals surface area contributed by atoms with Crippen LogP contribution in [-0.2, 0) is 0 Å². The summed E-state index contributed by atoms with van der Waals surface area (Å²) in [6, 6.07) is 8.22. The summed E-state index contributed by atoms with van der Waals surface area (Å²) in [5, 5.41) is 30.7. The van der Waals surface area contributed by atoms with Crippen LogP contribution < -0.4 is 0 Å². The maximum atomic E-state index is 12.2. The first-order chi connectivity index (χ1) is 9.34. The Balaban J connectivity index is 2.44. The Hall–Kier alpha value is -2.31. The molecule has 0 saturated heterocycles. The van der Waals surface area contributed by atoms with E-state index in [0.29, 0.717) is 5.56 Å². The van der Waals surface area contributed by atoms with E-state index in [1.54, 1.807) is 30.3 Å². The molecular formula is C14H13NO5. The molecule has 2 rings (SSSR count). The van der Waals surface area contributed by atoms with Gasteiger partial charge in [0.25, 0.3) is 5.70 Å². The highest BCUT2D eigenvalue weighted by Gasteiger charge is 2.45. The van der Waals surface area contributed by atoms with Gasteiger partial charge in [-0.05, 0) is 13.0 Å². The van der Waals surface area contributed by atoms with Gasteiger partial charge in [0, 0.05) is 17.2 Å². The molecule has 0 radical (unpaired) electrons. The highest BCUT2D eigenvalue weighted by molar-refractivity contribution is 6.10. The van der Waals surface area contributed by atoms with Crippen molar-refractivity contribution >= 4 is 5.78 Å². The molecule has 6 nitrogen and oxygen atoms in total. The quantitative estimate of drug-likeness (QED) is 0.488. The monoisotopic (exact) mass is 275 g/mol. The standard InChI is InChI=1S/C14H13NO5/c1-14(18)11(15(19)20)7-10(8-12(14)16)13(17)9-5-3-2-4-6-9/h2-8,12,16,18H,1H3. The van der Waals surface area contributed by atoms with Gasteiger partial charge in [0.15, 0.2) is 11.4 Å². The maximum absolute atomic E-state index is 12.2. The van der Waals surface area contributed by atoms with Crippen LogP contribution >= 0.6 is 0 Å². The average Bonchev–Trinajstić information content (AvgIpc) is 2.41. The lowest BCUT2D eigenvalue weighted by atomic mass is 9.85. The lowest BCUT2D eigenvalue weighted by Crippen LogP contribution is -2.44. The van der Waals surface area contributed by atoms with Crippen molar-refractivity contribution in [2.75, 3.05) is 0 Å². The summed E-state index contributed by atoms with van der Waals surface area (Å²) < 4.78 is 0. The van der Waals surface area contributed by atoms with E-state index in [4.69, 9.17) is 0 Å². The zero-order chi connectivity index (χ0) is 14.9. The number of nitrogens with zero attached hydrogens (tertiary/aromatic N) is 1. The van der Waals surface area contributed by atoms with Crippen molar-refractivity contribution in [1.29, 1.82) is 0 Å². The highest BCUT2D eigenvalue weighted by Crippen LogP contribution is 2.30. The summed E-state index contributed by atoms with van der Waals surface area (Å²) in [4.78, 5) is 22.3. The van der Waals surface area contributed by atoms with Gasteiger partial charge >= 0.3 is 0 Å². The molecule has 1 aliphatic carbocycles. The van der Waals surface area contributed by atoms with E-state index in [9.17, 15) is 25.1 Å². The molecule has 1 aromatic carbocycles. The van der Waals surface area contributed by atoms with Crippen molar-refractivity contribution in [2.45, 2.75) is 18.6 Å². The zero-order valence-electron chi connectivity index (χ0n) is 10.7. The van der Waals surface area contributed by atoms with E-state index < -0.39 is 28.1 Å². The first-order valence-electron chi connectivity index (χ1n) is 5.92. The second-order valence-electron chi connectivity index (χ2n) is 4.70. The maximum Gasteiger partial charge on any atom is 0.281 e. The molecule has 2 atom stereocenters. The Kier molecular flexibility index (Phi) is 3.52. The van der Waals surface area contributed by atoms with Crippen molar-refractivity contribution in [2.24, 2.45) is 0 Å². The zero-order valence-corrected chi connectivity index (χ0v) is 10.7. The minimum Gasteiger partial charge on any atom is -0.385 e. The lowest BCUT2D eigenvalue weighted by Gasteiger charge is -2.27. The van der Waals surface area contributed by atoms with Crippen molar-refractivity contribution in [1.82, 2.24) is 0 Å². The molecule has 0 amide bonds. The van der Waals surface area contributed by atoms with Crippen LogP contribution in [0.1, 0.15) is 17.3 Å². The summed E-state index contributed by atoms with van der Waals surface area (Å²) >= 11 is 0. The van der Waals surface area contributed by atoms with Crippen molar-refractivity contribution in [3.8, 4) is 0 Å². The SMILES string of the molecule is CC1(O)C([N+](=O)[O-])=CC(C(=O)c2ccccc2)=CC1O. The van der Waals surface area contributed by atoms with E-state index >= 15 is 0 Å². The van der Waals surface area contributed by atoms with Gasteiger partial charge in [-0.1, -0.05) is 30.3 Å². The summed E-state index contributed by atoms with van der Waals surface area (Å²) in [5.74, 6) is -0.445. The molecule has 0 bridgehead atoms. The summed E-state index contributed by atoms with van der Waals surface area (Å²) in [6.07, 6.45) is 0.611. The number of nitro groups is 1. The van der Waals surface area contributed by atoms with Crippen LogP contribution in [0.15, 0.2) is 53.8 Å². The van der Waals surface area contributed by atoms with Gasteiger partial charge in [0.2, 0.25) is 0 Å². The number of rotatable bonds is 3. The minimum atomic E-state index is -2.02. The fraction of sp³-hybridized carbons (Fsp3) is 0.214. The summed E-state index contributed by atoms with van der Waals surface area (Å²) in [6.45, 7) is 1.13. The molecule has 0 aliphatic heterocycles. The molecule has 0 fully saturated rings. The van der Waals surface area contributed by atoms with Crippen LogP contribution in [0.3, 0.4) is 0 Å². The fourth-order valence-electron chi connectivity index (χ4n) is 1.96. The number of benzene rings is 1. The molecule has 0 heterocycles. The molecule has 1 aromatic rings.